The molecule has 0 fully saturated rings. The van der Waals surface area contributed by atoms with E-state index in [1.807, 2.05) is 12.1 Å². The van der Waals surface area contributed by atoms with E-state index in [-0.39, 0.29) is 5.97 Å². The van der Waals surface area contributed by atoms with Gasteiger partial charge in [0.2, 0.25) is 6.08 Å². The summed E-state index contributed by atoms with van der Waals surface area (Å²) in [7, 11) is 1.34. The average molecular weight is 253 g/mol. The summed E-state index contributed by atoms with van der Waals surface area (Å²) >= 11 is 0. The molecule has 0 saturated heterocycles. The molecule has 2 rings (SSSR count). The second-order valence-corrected chi connectivity index (χ2v) is 3.79. The van der Waals surface area contributed by atoms with Crippen molar-refractivity contribution in [3.63, 3.8) is 0 Å². The minimum absolute atomic E-state index is 0.384. The van der Waals surface area contributed by atoms with Crippen molar-refractivity contribution in [1.29, 1.82) is 0 Å². The molecule has 94 valence electrons. The zero-order valence-electron chi connectivity index (χ0n) is 10.3. The number of ether oxygens (including phenoxy) is 1. The van der Waals surface area contributed by atoms with E-state index in [1.165, 1.54) is 13.2 Å². The van der Waals surface area contributed by atoms with E-state index in [0.717, 1.165) is 11.1 Å². The van der Waals surface area contributed by atoms with Crippen molar-refractivity contribution >= 4 is 17.7 Å². The summed E-state index contributed by atoms with van der Waals surface area (Å²) in [6, 6.07) is 14.1. The third kappa shape index (κ3) is 2.76. The molecule has 0 unspecified atom stereocenters. The Bertz CT molecular complexity index is 641. The number of esters is 1. The van der Waals surface area contributed by atoms with Gasteiger partial charge in [-0.25, -0.2) is 9.59 Å². The third-order valence-corrected chi connectivity index (χ3v) is 2.69. The summed E-state index contributed by atoms with van der Waals surface area (Å²) in [6.45, 7) is 0. The van der Waals surface area contributed by atoms with Crippen LogP contribution in [0.4, 0.5) is 5.69 Å². The van der Waals surface area contributed by atoms with E-state index >= 15 is 0 Å². The number of aliphatic imine (C=N–C) groups is 1. The topological polar surface area (TPSA) is 55.7 Å². The summed E-state index contributed by atoms with van der Waals surface area (Å²) < 4.78 is 4.64. The molecule has 0 aromatic heterocycles. The van der Waals surface area contributed by atoms with Crippen LogP contribution in [0.5, 0.6) is 0 Å². The number of hydrogen-bond acceptors (Lipinski definition) is 4. The fraction of sp³-hybridized carbons (Fsp3) is 0.0667. The van der Waals surface area contributed by atoms with Crippen molar-refractivity contribution in [2.75, 3.05) is 7.11 Å². The zero-order valence-corrected chi connectivity index (χ0v) is 10.3. The summed E-state index contributed by atoms with van der Waals surface area (Å²) in [5.41, 5.74) is 2.69. The van der Waals surface area contributed by atoms with Crippen LogP contribution in [0.3, 0.4) is 0 Å². The third-order valence-electron chi connectivity index (χ3n) is 2.69. The SMILES string of the molecule is COC(=O)c1ccc(-c2ccccc2N=C=O)cc1. The highest BCUT2D eigenvalue weighted by atomic mass is 16.5. The Balaban J connectivity index is 2.43. The van der Waals surface area contributed by atoms with Crippen molar-refractivity contribution in [3.8, 4) is 11.1 Å². The number of methoxy groups -OCH3 is 1. The number of benzene rings is 2. The van der Waals surface area contributed by atoms with Crippen LogP contribution < -0.4 is 0 Å². The molecule has 2 aromatic carbocycles. The molecule has 0 saturated carbocycles. The molecule has 0 heterocycles. The van der Waals surface area contributed by atoms with Crippen LogP contribution in [0.15, 0.2) is 53.5 Å². The molecule has 0 N–H and O–H groups in total. The van der Waals surface area contributed by atoms with Crippen LogP contribution in [0, 0.1) is 0 Å². The van der Waals surface area contributed by atoms with Crippen LogP contribution in [0.1, 0.15) is 10.4 Å². The van der Waals surface area contributed by atoms with Gasteiger partial charge in [-0.15, -0.1) is 0 Å². The van der Waals surface area contributed by atoms with Gasteiger partial charge in [0.05, 0.1) is 18.4 Å². The summed E-state index contributed by atoms with van der Waals surface area (Å²) in [4.78, 5) is 25.4. The Kier molecular flexibility index (Phi) is 3.86. The van der Waals surface area contributed by atoms with Crippen LogP contribution in [-0.2, 0) is 9.53 Å². The van der Waals surface area contributed by atoms with Gasteiger partial charge in [0.25, 0.3) is 0 Å². The van der Waals surface area contributed by atoms with E-state index < -0.39 is 0 Å². The monoisotopic (exact) mass is 253 g/mol. The number of carbonyl (C=O) groups excluding carboxylic acids is 2. The largest absolute Gasteiger partial charge is 0.465 e. The summed E-state index contributed by atoms with van der Waals surface area (Å²) in [6.07, 6.45) is 1.53. The lowest BCUT2D eigenvalue weighted by Crippen LogP contribution is -2.00. The lowest BCUT2D eigenvalue weighted by molar-refractivity contribution is 0.0601. The first-order valence-corrected chi connectivity index (χ1v) is 5.62. The van der Waals surface area contributed by atoms with Gasteiger partial charge < -0.3 is 4.74 Å². The van der Waals surface area contributed by atoms with Crippen molar-refractivity contribution in [2.24, 2.45) is 4.99 Å². The van der Waals surface area contributed by atoms with Crippen molar-refractivity contribution < 1.29 is 14.3 Å². The first-order valence-electron chi connectivity index (χ1n) is 5.62. The van der Waals surface area contributed by atoms with Crippen molar-refractivity contribution in [2.45, 2.75) is 0 Å². The van der Waals surface area contributed by atoms with Crippen molar-refractivity contribution in [3.05, 3.63) is 54.1 Å². The summed E-state index contributed by atoms with van der Waals surface area (Å²) in [5.74, 6) is -0.384. The molecule has 0 aliphatic carbocycles. The lowest BCUT2D eigenvalue weighted by atomic mass is 10.0. The van der Waals surface area contributed by atoms with E-state index in [1.54, 1.807) is 36.4 Å². The standard InChI is InChI=1S/C15H11NO3/c1-19-15(18)12-8-6-11(7-9-12)13-4-2-3-5-14(13)16-10-17/h2-9H,1H3. The highest BCUT2D eigenvalue weighted by molar-refractivity contribution is 5.90. The second-order valence-electron chi connectivity index (χ2n) is 3.79. The first kappa shape index (κ1) is 12.7. The quantitative estimate of drug-likeness (QED) is 0.479. The molecular weight excluding hydrogens is 242 g/mol. The smallest absolute Gasteiger partial charge is 0.337 e. The lowest BCUT2D eigenvalue weighted by Gasteiger charge is -2.05. The first-order chi connectivity index (χ1) is 9.26. The fourth-order valence-electron chi connectivity index (χ4n) is 1.77. The molecule has 0 atom stereocenters. The molecule has 0 spiro atoms. The molecule has 0 bridgehead atoms. The predicted octanol–water partition coefficient (Wildman–Crippen LogP) is 3.11. The minimum atomic E-state index is -0.384. The molecule has 0 amide bonds. The van der Waals surface area contributed by atoms with Gasteiger partial charge >= 0.3 is 5.97 Å². The van der Waals surface area contributed by atoms with Crippen LogP contribution in [0.2, 0.25) is 0 Å². The Morgan fingerprint density at radius 1 is 1.11 bits per heavy atom. The number of isocyanates is 1. The number of rotatable bonds is 3. The van der Waals surface area contributed by atoms with Gasteiger partial charge in [0.15, 0.2) is 0 Å². The maximum absolute atomic E-state index is 11.3. The average Bonchev–Trinajstić information content (AvgIpc) is 2.47. The molecular formula is C15H11NO3. The van der Waals surface area contributed by atoms with Crippen LogP contribution in [0.25, 0.3) is 11.1 Å². The minimum Gasteiger partial charge on any atom is -0.465 e. The number of para-hydroxylation sites is 1. The maximum atomic E-state index is 11.3. The van der Waals surface area contributed by atoms with E-state index in [9.17, 15) is 9.59 Å². The Morgan fingerprint density at radius 3 is 2.42 bits per heavy atom. The Morgan fingerprint density at radius 2 is 1.79 bits per heavy atom. The predicted molar refractivity (Wildman–Crippen MR) is 71.0 cm³/mol. The molecule has 4 heteroatoms. The number of hydrogen-bond donors (Lipinski definition) is 0. The van der Waals surface area contributed by atoms with E-state index in [4.69, 9.17) is 0 Å². The van der Waals surface area contributed by atoms with Crippen LogP contribution >= 0.6 is 0 Å². The van der Waals surface area contributed by atoms with E-state index in [2.05, 4.69) is 9.73 Å². The van der Waals surface area contributed by atoms with Gasteiger partial charge in [-0.3, -0.25) is 0 Å². The molecule has 0 aliphatic heterocycles. The number of carbonyl (C=O) groups is 1. The van der Waals surface area contributed by atoms with Gasteiger partial charge in [-0.2, -0.15) is 4.99 Å². The van der Waals surface area contributed by atoms with Gasteiger partial charge in [-0.1, -0.05) is 30.3 Å². The molecule has 0 radical (unpaired) electrons. The Hall–Kier alpha value is -2.71. The second kappa shape index (κ2) is 5.76. The van der Waals surface area contributed by atoms with Gasteiger partial charge in [0, 0.05) is 5.56 Å². The number of nitrogens with zero attached hydrogens (tertiary/aromatic N) is 1. The Labute approximate surface area is 110 Å². The molecule has 19 heavy (non-hydrogen) atoms. The molecule has 4 nitrogen and oxygen atoms in total. The van der Waals surface area contributed by atoms with Crippen molar-refractivity contribution in [1.82, 2.24) is 0 Å². The maximum Gasteiger partial charge on any atom is 0.337 e. The highest BCUT2D eigenvalue weighted by Gasteiger charge is 2.07. The normalized spacial score (nSPS) is 9.53. The van der Waals surface area contributed by atoms with Gasteiger partial charge in [0.1, 0.15) is 0 Å². The van der Waals surface area contributed by atoms with Gasteiger partial charge in [-0.05, 0) is 23.8 Å². The highest BCUT2D eigenvalue weighted by Crippen LogP contribution is 2.29. The van der Waals surface area contributed by atoms with Crippen LogP contribution in [-0.4, -0.2) is 19.2 Å². The fourth-order valence-corrected chi connectivity index (χ4v) is 1.77. The van der Waals surface area contributed by atoms with E-state index in [0.29, 0.717) is 11.3 Å². The summed E-state index contributed by atoms with van der Waals surface area (Å²) in [5, 5.41) is 0. The molecule has 0 aliphatic rings. The zero-order chi connectivity index (χ0) is 13.7. The molecule has 2 aromatic rings.